The van der Waals surface area contributed by atoms with E-state index in [0.717, 1.165) is 12.0 Å². The Labute approximate surface area is 156 Å². The van der Waals surface area contributed by atoms with Crippen molar-refractivity contribution in [1.82, 2.24) is 14.9 Å². The van der Waals surface area contributed by atoms with Crippen LogP contribution >= 0.6 is 0 Å². The Morgan fingerprint density at radius 1 is 1.11 bits per heavy atom. The molecule has 0 radical (unpaired) electrons. The largest absolute Gasteiger partial charge is 0.349 e. The van der Waals surface area contributed by atoms with Gasteiger partial charge in [-0.15, -0.1) is 0 Å². The second-order valence-electron chi connectivity index (χ2n) is 6.62. The SMILES string of the molecule is CC[C@@H](NC(=O)CCn1c(=O)[nH]c(=O)c2ccccc21)c1ccc(C)cc1. The summed E-state index contributed by atoms with van der Waals surface area (Å²) < 4.78 is 1.43. The molecule has 1 aromatic heterocycles. The maximum absolute atomic E-state index is 12.4. The van der Waals surface area contributed by atoms with Gasteiger partial charge in [0, 0.05) is 13.0 Å². The van der Waals surface area contributed by atoms with Crippen LogP contribution in [0.1, 0.15) is 36.9 Å². The Morgan fingerprint density at radius 2 is 1.81 bits per heavy atom. The molecule has 6 nitrogen and oxygen atoms in total. The number of carbonyl (C=O) groups is 1. The van der Waals surface area contributed by atoms with Gasteiger partial charge in [-0.05, 0) is 31.0 Å². The summed E-state index contributed by atoms with van der Waals surface area (Å²) in [6, 6.07) is 14.9. The van der Waals surface area contributed by atoms with E-state index < -0.39 is 11.2 Å². The normalized spacial score (nSPS) is 12.1. The van der Waals surface area contributed by atoms with E-state index in [9.17, 15) is 14.4 Å². The Bertz CT molecular complexity index is 1060. The van der Waals surface area contributed by atoms with Crippen molar-refractivity contribution in [3.63, 3.8) is 0 Å². The second-order valence-corrected chi connectivity index (χ2v) is 6.62. The third-order valence-electron chi connectivity index (χ3n) is 4.69. The van der Waals surface area contributed by atoms with Gasteiger partial charge in [-0.3, -0.25) is 19.1 Å². The lowest BCUT2D eigenvalue weighted by molar-refractivity contribution is -0.122. The summed E-state index contributed by atoms with van der Waals surface area (Å²) in [6.45, 7) is 4.24. The molecule has 6 heteroatoms. The summed E-state index contributed by atoms with van der Waals surface area (Å²) in [5.41, 5.74) is 1.84. The van der Waals surface area contributed by atoms with Gasteiger partial charge in [-0.2, -0.15) is 0 Å². The maximum atomic E-state index is 12.4. The molecular weight excluding hydrogens is 342 g/mol. The zero-order valence-corrected chi connectivity index (χ0v) is 15.5. The Kier molecular flexibility index (Phi) is 5.54. The fourth-order valence-corrected chi connectivity index (χ4v) is 3.16. The van der Waals surface area contributed by atoms with Crippen molar-refractivity contribution in [1.29, 1.82) is 0 Å². The van der Waals surface area contributed by atoms with Crippen LogP contribution in [-0.4, -0.2) is 15.5 Å². The van der Waals surface area contributed by atoms with Gasteiger partial charge in [0.15, 0.2) is 0 Å². The van der Waals surface area contributed by atoms with E-state index >= 15 is 0 Å². The molecule has 0 saturated carbocycles. The molecular formula is C21H23N3O3. The summed E-state index contributed by atoms with van der Waals surface area (Å²) in [7, 11) is 0. The first-order valence-corrected chi connectivity index (χ1v) is 9.07. The van der Waals surface area contributed by atoms with Gasteiger partial charge in [0.05, 0.1) is 16.9 Å². The summed E-state index contributed by atoms with van der Waals surface area (Å²) in [4.78, 5) is 38.8. The molecule has 27 heavy (non-hydrogen) atoms. The van der Waals surface area contributed by atoms with Crippen molar-refractivity contribution in [3.8, 4) is 0 Å². The molecule has 2 aromatic carbocycles. The summed E-state index contributed by atoms with van der Waals surface area (Å²) in [6.07, 6.45) is 0.925. The molecule has 1 atom stereocenters. The van der Waals surface area contributed by atoms with Gasteiger partial charge >= 0.3 is 5.69 Å². The molecule has 0 bridgehead atoms. The number of para-hydroxylation sites is 1. The van der Waals surface area contributed by atoms with Gasteiger partial charge in [-0.1, -0.05) is 48.9 Å². The van der Waals surface area contributed by atoms with Gasteiger partial charge in [0.25, 0.3) is 5.56 Å². The lowest BCUT2D eigenvalue weighted by Crippen LogP contribution is -2.33. The Morgan fingerprint density at radius 3 is 2.52 bits per heavy atom. The number of hydrogen-bond donors (Lipinski definition) is 2. The number of aromatic nitrogens is 2. The van der Waals surface area contributed by atoms with Crippen LogP contribution in [0.3, 0.4) is 0 Å². The number of carbonyl (C=O) groups excluding carboxylic acids is 1. The monoisotopic (exact) mass is 365 g/mol. The molecule has 3 rings (SSSR count). The molecule has 0 unspecified atom stereocenters. The molecule has 0 spiro atoms. The zero-order chi connectivity index (χ0) is 19.4. The van der Waals surface area contributed by atoms with Crippen molar-refractivity contribution in [2.45, 2.75) is 39.3 Å². The fourth-order valence-electron chi connectivity index (χ4n) is 3.16. The average Bonchev–Trinajstić information content (AvgIpc) is 2.66. The number of hydrogen-bond acceptors (Lipinski definition) is 3. The first-order valence-electron chi connectivity index (χ1n) is 9.07. The molecule has 0 aliphatic heterocycles. The molecule has 3 aromatic rings. The highest BCUT2D eigenvalue weighted by atomic mass is 16.2. The Hall–Kier alpha value is -3.15. The molecule has 0 saturated heterocycles. The first kappa shape index (κ1) is 18.6. The van der Waals surface area contributed by atoms with E-state index in [-0.39, 0.29) is 24.9 Å². The number of H-pyrrole nitrogens is 1. The third kappa shape index (κ3) is 4.16. The van der Waals surface area contributed by atoms with Crippen molar-refractivity contribution < 1.29 is 4.79 Å². The van der Waals surface area contributed by atoms with Gasteiger partial charge in [-0.25, -0.2) is 4.79 Å². The number of nitrogens with zero attached hydrogens (tertiary/aromatic N) is 1. The van der Waals surface area contributed by atoms with Crippen LogP contribution in [0, 0.1) is 6.92 Å². The van der Waals surface area contributed by atoms with E-state index in [0.29, 0.717) is 10.9 Å². The van der Waals surface area contributed by atoms with Crippen LogP contribution in [0.5, 0.6) is 0 Å². The minimum atomic E-state index is -0.503. The number of rotatable bonds is 6. The number of amides is 1. The van der Waals surface area contributed by atoms with E-state index in [1.807, 2.05) is 38.1 Å². The topological polar surface area (TPSA) is 84.0 Å². The summed E-state index contributed by atoms with van der Waals surface area (Å²) in [5.74, 6) is -0.135. The van der Waals surface area contributed by atoms with E-state index in [2.05, 4.69) is 10.3 Å². The van der Waals surface area contributed by atoms with Crippen molar-refractivity contribution >= 4 is 16.8 Å². The number of aryl methyl sites for hydroxylation is 2. The summed E-state index contributed by atoms with van der Waals surface area (Å²) >= 11 is 0. The molecule has 1 amide bonds. The highest BCUT2D eigenvalue weighted by Crippen LogP contribution is 2.17. The van der Waals surface area contributed by atoms with Crippen molar-refractivity contribution in [2.24, 2.45) is 0 Å². The molecule has 0 fully saturated rings. The quantitative estimate of drug-likeness (QED) is 0.704. The van der Waals surface area contributed by atoms with Crippen molar-refractivity contribution in [3.05, 3.63) is 80.5 Å². The third-order valence-corrected chi connectivity index (χ3v) is 4.69. The number of fused-ring (bicyclic) bond motifs is 1. The predicted octanol–water partition coefficient (Wildman–Crippen LogP) is 2.66. The first-order chi connectivity index (χ1) is 13.0. The second kappa shape index (κ2) is 8.03. The molecule has 2 N–H and O–H groups in total. The van der Waals surface area contributed by atoms with E-state index in [1.54, 1.807) is 24.3 Å². The highest BCUT2D eigenvalue weighted by Gasteiger charge is 2.14. The van der Waals surface area contributed by atoms with Crippen LogP contribution in [0.25, 0.3) is 10.9 Å². The smallest absolute Gasteiger partial charge is 0.328 e. The lowest BCUT2D eigenvalue weighted by Gasteiger charge is -2.18. The number of benzene rings is 2. The lowest BCUT2D eigenvalue weighted by atomic mass is 10.0. The van der Waals surface area contributed by atoms with Crippen LogP contribution in [0.2, 0.25) is 0 Å². The Balaban J connectivity index is 1.74. The summed E-state index contributed by atoms with van der Waals surface area (Å²) in [5, 5.41) is 3.46. The van der Waals surface area contributed by atoms with Gasteiger partial charge < -0.3 is 5.32 Å². The molecule has 0 aliphatic carbocycles. The number of nitrogens with one attached hydrogen (secondary N) is 2. The standard InChI is InChI=1S/C21H23N3O3/c1-3-17(15-10-8-14(2)9-11-15)22-19(25)12-13-24-18-7-5-4-6-16(18)20(26)23-21(24)27/h4-11,17H,3,12-13H2,1-2H3,(H,22,25)(H,23,26,27)/t17-/m1/s1. The van der Waals surface area contributed by atoms with Crippen LogP contribution in [0.4, 0.5) is 0 Å². The fraction of sp³-hybridized carbons (Fsp3) is 0.286. The minimum Gasteiger partial charge on any atom is -0.349 e. The van der Waals surface area contributed by atoms with Crippen molar-refractivity contribution in [2.75, 3.05) is 0 Å². The molecule has 0 aliphatic rings. The van der Waals surface area contributed by atoms with E-state index in [1.165, 1.54) is 10.1 Å². The predicted molar refractivity (Wildman–Crippen MR) is 106 cm³/mol. The maximum Gasteiger partial charge on any atom is 0.328 e. The van der Waals surface area contributed by atoms with Gasteiger partial charge in [0.1, 0.15) is 0 Å². The molecule has 1 heterocycles. The zero-order valence-electron chi connectivity index (χ0n) is 15.5. The molecule has 140 valence electrons. The van der Waals surface area contributed by atoms with Gasteiger partial charge in [0.2, 0.25) is 5.91 Å². The average molecular weight is 365 g/mol. The number of aromatic amines is 1. The van der Waals surface area contributed by atoms with E-state index in [4.69, 9.17) is 0 Å². The van der Waals surface area contributed by atoms with Crippen LogP contribution in [-0.2, 0) is 11.3 Å². The van der Waals surface area contributed by atoms with Crippen LogP contribution in [0.15, 0.2) is 58.1 Å². The minimum absolute atomic E-state index is 0.0675. The highest BCUT2D eigenvalue weighted by molar-refractivity contribution is 5.79. The van der Waals surface area contributed by atoms with Crippen LogP contribution < -0.4 is 16.6 Å².